The van der Waals surface area contributed by atoms with Gasteiger partial charge in [0, 0.05) is 17.7 Å². The Morgan fingerprint density at radius 1 is 1.19 bits per heavy atom. The van der Waals surface area contributed by atoms with Crippen molar-refractivity contribution in [2.24, 2.45) is 0 Å². The number of hydrogen-bond donors (Lipinski definition) is 0. The summed E-state index contributed by atoms with van der Waals surface area (Å²) in [6.07, 6.45) is 0. The number of ether oxygens (including phenoxy) is 1. The van der Waals surface area contributed by atoms with Crippen LogP contribution in [0.2, 0.25) is 0 Å². The third kappa shape index (κ3) is 3.69. The van der Waals surface area contributed by atoms with Crippen molar-refractivity contribution in [2.45, 2.75) is 32.7 Å². The lowest BCUT2D eigenvalue weighted by Gasteiger charge is -2.33. The zero-order chi connectivity index (χ0) is 18.8. The van der Waals surface area contributed by atoms with E-state index in [9.17, 15) is 9.18 Å². The monoisotopic (exact) mass is 365 g/mol. The number of amides is 1. The molecular weight excluding hydrogens is 345 g/mol. The van der Waals surface area contributed by atoms with Crippen LogP contribution >= 0.6 is 0 Å². The maximum Gasteiger partial charge on any atom is 0.254 e. The van der Waals surface area contributed by atoms with E-state index in [1.54, 1.807) is 4.90 Å². The van der Waals surface area contributed by atoms with Crippen LogP contribution in [0.25, 0.3) is 0 Å². The average molecular weight is 365 g/mol. The molecule has 1 aliphatic rings. The Morgan fingerprint density at radius 2 is 1.93 bits per heavy atom. The Hall–Kier alpha value is -3.15. The molecule has 1 aliphatic heterocycles. The molecule has 0 saturated carbocycles. The SMILES string of the molecule is CC1Cn2nc(OCc3ccccc3)cc2CN1C(=O)c1ccc(F)cc1. The highest BCUT2D eigenvalue weighted by Crippen LogP contribution is 2.23. The van der Waals surface area contributed by atoms with Crippen LogP contribution in [0.5, 0.6) is 5.88 Å². The summed E-state index contributed by atoms with van der Waals surface area (Å²) >= 11 is 0. The summed E-state index contributed by atoms with van der Waals surface area (Å²) in [5, 5.41) is 4.50. The molecule has 0 saturated heterocycles. The molecule has 1 unspecified atom stereocenters. The predicted molar refractivity (Wildman–Crippen MR) is 98.7 cm³/mol. The number of benzene rings is 2. The van der Waals surface area contributed by atoms with Gasteiger partial charge in [0.15, 0.2) is 0 Å². The van der Waals surface area contributed by atoms with Gasteiger partial charge in [-0.05, 0) is 36.8 Å². The second-order valence-electron chi connectivity index (χ2n) is 6.72. The van der Waals surface area contributed by atoms with Crippen molar-refractivity contribution in [1.29, 1.82) is 0 Å². The van der Waals surface area contributed by atoms with Crippen molar-refractivity contribution in [2.75, 3.05) is 0 Å². The molecule has 0 N–H and O–H groups in total. The molecule has 1 aromatic heterocycles. The average Bonchev–Trinajstić information content (AvgIpc) is 3.08. The normalized spacial score (nSPS) is 16.1. The quantitative estimate of drug-likeness (QED) is 0.709. The highest BCUT2D eigenvalue weighted by molar-refractivity contribution is 5.94. The van der Waals surface area contributed by atoms with Crippen LogP contribution in [0.1, 0.15) is 28.5 Å². The van der Waals surface area contributed by atoms with E-state index in [-0.39, 0.29) is 17.8 Å². The molecule has 5 nitrogen and oxygen atoms in total. The van der Waals surface area contributed by atoms with Gasteiger partial charge >= 0.3 is 0 Å². The van der Waals surface area contributed by atoms with Crippen LogP contribution in [0, 0.1) is 5.82 Å². The fraction of sp³-hybridized carbons (Fsp3) is 0.238. The molecule has 1 amide bonds. The molecule has 0 aliphatic carbocycles. The van der Waals surface area contributed by atoms with Crippen molar-refractivity contribution in [1.82, 2.24) is 14.7 Å². The molecule has 1 atom stereocenters. The fourth-order valence-electron chi connectivity index (χ4n) is 3.23. The van der Waals surface area contributed by atoms with Crippen molar-refractivity contribution >= 4 is 5.91 Å². The van der Waals surface area contributed by atoms with Gasteiger partial charge in [0.05, 0.1) is 18.8 Å². The molecule has 0 bridgehead atoms. The lowest BCUT2D eigenvalue weighted by molar-refractivity contribution is 0.0606. The molecule has 2 heterocycles. The molecule has 0 spiro atoms. The van der Waals surface area contributed by atoms with Gasteiger partial charge in [0.2, 0.25) is 5.88 Å². The third-order valence-electron chi connectivity index (χ3n) is 4.72. The van der Waals surface area contributed by atoms with Gasteiger partial charge in [0.1, 0.15) is 12.4 Å². The highest BCUT2D eigenvalue weighted by atomic mass is 19.1. The summed E-state index contributed by atoms with van der Waals surface area (Å²) in [5.41, 5.74) is 2.48. The zero-order valence-corrected chi connectivity index (χ0v) is 15.0. The number of hydrogen-bond acceptors (Lipinski definition) is 3. The van der Waals surface area contributed by atoms with E-state index in [2.05, 4.69) is 5.10 Å². The topological polar surface area (TPSA) is 47.4 Å². The molecule has 27 heavy (non-hydrogen) atoms. The van der Waals surface area contributed by atoms with Gasteiger partial charge < -0.3 is 9.64 Å². The Balaban J connectivity index is 1.47. The van der Waals surface area contributed by atoms with Crippen LogP contribution in [0.3, 0.4) is 0 Å². The molecule has 138 valence electrons. The van der Waals surface area contributed by atoms with Crippen molar-refractivity contribution < 1.29 is 13.9 Å². The van der Waals surface area contributed by atoms with Crippen LogP contribution in [0.4, 0.5) is 4.39 Å². The number of nitrogens with zero attached hydrogens (tertiary/aromatic N) is 3. The highest BCUT2D eigenvalue weighted by Gasteiger charge is 2.29. The molecule has 3 aromatic rings. The number of carbonyl (C=O) groups excluding carboxylic acids is 1. The first-order chi connectivity index (χ1) is 13.1. The molecule has 6 heteroatoms. The molecule has 4 rings (SSSR count). The van der Waals surface area contributed by atoms with Gasteiger partial charge in [-0.1, -0.05) is 30.3 Å². The minimum atomic E-state index is -0.350. The number of fused-ring (bicyclic) bond motifs is 1. The number of rotatable bonds is 4. The Kier molecular flexibility index (Phi) is 4.62. The van der Waals surface area contributed by atoms with Crippen LogP contribution in [-0.4, -0.2) is 26.6 Å². The molecule has 0 fully saturated rings. The Morgan fingerprint density at radius 3 is 2.67 bits per heavy atom. The van der Waals surface area contributed by atoms with Crippen LogP contribution in [-0.2, 0) is 19.7 Å². The first-order valence-corrected chi connectivity index (χ1v) is 8.90. The summed E-state index contributed by atoms with van der Waals surface area (Å²) in [7, 11) is 0. The second kappa shape index (κ2) is 7.23. The first-order valence-electron chi connectivity index (χ1n) is 8.90. The summed E-state index contributed by atoms with van der Waals surface area (Å²) in [5.74, 6) is 0.0929. The van der Waals surface area contributed by atoms with Gasteiger partial charge in [-0.2, -0.15) is 0 Å². The first kappa shape index (κ1) is 17.3. The lowest BCUT2D eigenvalue weighted by atomic mass is 10.1. The van der Waals surface area contributed by atoms with E-state index >= 15 is 0 Å². The van der Waals surface area contributed by atoms with E-state index < -0.39 is 0 Å². The van der Waals surface area contributed by atoms with E-state index in [1.165, 1.54) is 24.3 Å². The van der Waals surface area contributed by atoms with Gasteiger partial charge in [0.25, 0.3) is 5.91 Å². The van der Waals surface area contributed by atoms with Crippen LogP contribution < -0.4 is 4.74 Å². The smallest absolute Gasteiger partial charge is 0.254 e. The van der Waals surface area contributed by atoms with Gasteiger partial charge in [-0.15, -0.1) is 5.10 Å². The van der Waals surface area contributed by atoms with Crippen molar-refractivity contribution in [3.63, 3.8) is 0 Å². The number of aromatic nitrogens is 2. The lowest BCUT2D eigenvalue weighted by Crippen LogP contribution is -2.44. The number of halogens is 1. The van der Waals surface area contributed by atoms with Gasteiger partial charge in [-0.3, -0.25) is 9.48 Å². The maximum atomic E-state index is 13.1. The van der Waals surface area contributed by atoms with Crippen LogP contribution in [0.15, 0.2) is 60.7 Å². The van der Waals surface area contributed by atoms with Crippen molar-refractivity contribution in [3.8, 4) is 5.88 Å². The minimum Gasteiger partial charge on any atom is -0.472 e. The summed E-state index contributed by atoms with van der Waals surface area (Å²) in [6.45, 7) is 3.47. The Bertz CT molecular complexity index is 938. The standard InChI is InChI=1S/C21H20FN3O2/c1-15-12-25-19(11-20(23-25)27-14-16-5-3-2-4-6-16)13-24(15)21(26)17-7-9-18(22)10-8-17/h2-11,15H,12-14H2,1H3. The summed E-state index contributed by atoms with van der Waals surface area (Å²) in [4.78, 5) is 14.6. The molecule has 2 aromatic carbocycles. The largest absolute Gasteiger partial charge is 0.472 e. The maximum absolute atomic E-state index is 13.1. The minimum absolute atomic E-state index is 0.0167. The third-order valence-corrected chi connectivity index (χ3v) is 4.72. The zero-order valence-electron chi connectivity index (χ0n) is 15.0. The summed E-state index contributed by atoms with van der Waals surface area (Å²) < 4.78 is 20.8. The van der Waals surface area contributed by atoms with Gasteiger partial charge in [-0.25, -0.2) is 4.39 Å². The molecule has 0 radical (unpaired) electrons. The van der Waals surface area contributed by atoms with E-state index in [0.717, 1.165) is 11.3 Å². The fourth-order valence-corrected chi connectivity index (χ4v) is 3.23. The second-order valence-corrected chi connectivity index (χ2v) is 6.72. The molecular formula is C21H20FN3O2. The van der Waals surface area contributed by atoms with E-state index in [1.807, 2.05) is 48.0 Å². The van der Waals surface area contributed by atoms with E-state index in [4.69, 9.17) is 4.74 Å². The Labute approximate surface area is 157 Å². The van der Waals surface area contributed by atoms with Crippen molar-refractivity contribution in [3.05, 3.63) is 83.3 Å². The predicted octanol–water partition coefficient (Wildman–Crippen LogP) is 3.65. The number of carbonyl (C=O) groups is 1. The van der Waals surface area contributed by atoms with E-state index in [0.29, 0.717) is 31.1 Å². The summed E-state index contributed by atoms with van der Waals surface area (Å²) in [6, 6.07) is 17.4.